The third-order valence-electron chi connectivity index (χ3n) is 2.32. The lowest BCUT2D eigenvalue weighted by Gasteiger charge is -2.19. The van der Waals surface area contributed by atoms with Crippen molar-refractivity contribution < 1.29 is 13.2 Å². The van der Waals surface area contributed by atoms with Gasteiger partial charge >= 0.3 is 6.18 Å². The number of hydrogen-bond acceptors (Lipinski definition) is 2. The smallest absolute Gasteiger partial charge is 0.285 e. The van der Waals surface area contributed by atoms with Gasteiger partial charge in [0.2, 0.25) is 0 Å². The summed E-state index contributed by atoms with van der Waals surface area (Å²) < 4.78 is 38.8. The molecule has 0 saturated heterocycles. The van der Waals surface area contributed by atoms with Crippen molar-refractivity contribution in [1.82, 2.24) is 14.7 Å². The quantitative estimate of drug-likeness (QED) is 0.831. The van der Waals surface area contributed by atoms with Crippen molar-refractivity contribution in [1.29, 1.82) is 0 Å². The van der Waals surface area contributed by atoms with Crippen LogP contribution in [0.4, 0.5) is 13.2 Å². The molecule has 0 bridgehead atoms. The summed E-state index contributed by atoms with van der Waals surface area (Å²) >= 11 is 2.88. The van der Waals surface area contributed by atoms with Gasteiger partial charge in [0, 0.05) is 6.20 Å². The molecule has 0 N–H and O–H groups in total. The van der Waals surface area contributed by atoms with Gasteiger partial charge in [-0.1, -0.05) is 13.8 Å². The molecule has 0 fully saturated rings. The molecule has 1 rings (SSSR count). The summed E-state index contributed by atoms with van der Waals surface area (Å²) in [5, 5.41) is 3.55. The first-order valence-corrected chi connectivity index (χ1v) is 6.20. The molecule has 0 aliphatic carbocycles. The van der Waals surface area contributed by atoms with E-state index in [9.17, 15) is 13.2 Å². The van der Waals surface area contributed by atoms with Crippen molar-refractivity contribution >= 4 is 15.9 Å². The molecular weight excluding hydrogens is 299 g/mol. The molecule has 1 heterocycles. The van der Waals surface area contributed by atoms with Crippen LogP contribution < -0.4 is 0 Å². The highest BCUT2D eigenvalue weighted by Gasteiger charge is 2.36. The fourth-order valence-electron chi connectivity index (χ4n) is 1.51. The number of aromatic nitrogens is 2. The molecule has 0 unspecified atom stereocenters. The number of rotatable bonds is 5. The normalized spacial score (nSPS) is 12.4. The maximum atomic E-state index is 12.5. The second-order valence-electron chi connectivity index (χ2n) is 3.71. The van der Waals surface area contributed by atoms with Crippen molar-refractivity contribution in [2.24, 2.45) is 0 Å². The fraction of sp³-hybridized carbons (Fsp3) is 0.700. The molecule has 98 valence electrons. The van der Waals surface area contributed by atoms with Gasteiger partial charge in [-0.15, -0.1) is 0 Å². The van der Waals surface area contributed by atoms with Crippen molar-refractivity contribution in [3.05, 3.63) is 16.4 Å². The van der Waals surface area contributed by atoms with E-state index in [2.05, 4.69) is 21.0 Å². The Bertz CT molecular complexity index is 362. The first-order valence-electron chi connectivity index (χ1n) is 5.41. The molecule has 0 spiro atoms. The molecule has 1 aromatic heterocycles. The number of alkyl halides is 3. The van der Waals surface area contributed by atoms with E-state index >= 15 is 0 Å². The zero-order chi connectivity index (χ0) is 13.1. The van der Waals surface area contributed by atoms with Crippen LogP contribution in [0.2, 0.25) is 0 Å². The third kappa shape index (κ3) is 3.99. The Hall–Kier alpha value is -0.560. The number of hydrogen-bond donors (Lipinski definition) is 0. The van der Waals surface area contributed by atoms with Crippen molar-refractivity contribution in [2.75, 3.05) is 13.1 Å². The molecule has 0 aliphatic rings. The van der Waals surface area contributed by atoms with Crippen LogP contribution in [0.1, 0.15) is 26.0 Å². The maximum absolute atomic E-state index is 12.5. The topological polar surface area (TPSA) is 21.1 Å². The molecule has 3 nitrogen and oxygen atoms in total. The lowest BCUT2D eigenvalue weighted by atomic mass is 10.4. The zero-order valence-electron chi connectivity index (χ0n) is 9.76. The standard InChI is InChI=1S/C10H15BrF3N3/c1-3-5-16(4-2)7-17-6-8(11)9(15-17)10(12,13)14/h6H,3-5,7H2,1-2H3. The van der Waals surface area contributed by atoms with Gasteiger partial charge in [0.15, 0.2) is 5.69 Å². The minimum absolute atomic E-state index is 0.0162. The highest BCUT2D eigenvalue weighted by atomic mass is 79.9. The Labute approximate surface area is 107 Å². The molecule has 0 aliphatic heterocycles. The maximum Gasteiger partial charge on any atom is 0.436 e. The van der Waals surface area contributed by atoms with Gasteiger partial charge in [-0.2, -0.15) is 18.3 Å². The molecule has 7 heteroatoms. The Morgan fingerprint density at radius 2 is 2.06 bits per heavy atom. The lowest BCUT2D eigenvalue weighted by molar-refractivity contribution is -0.142. The van der Waals surface area contributed by atoms with Crippen LogP contribution in [0, 0.1) is 0 Å². The van der Waals surface area contributed by atoms with Crippen LogP contribution in [-0.4, -0.2) is 27.8 Å². The highest BCUT2D eigenvalue weighted by molar-refractivity contribution is 9.10. The average Bonchev–Trinajstić information content (AvgIpc) is 2.58. The van der Waals surface area contributed by atoms with Gasteiger partial charge in [-0.25, -0.2) is 0 Å². The summed E-state index contributed by atoms with van der Waals surface area (Å²) in [6.45, 7) is 6.00. The molecule has 1 aromatic rings. The monoisotopic (exact) mass is 313 g/mol. The third-order valence-corrected chi connectivity index (χ3v) is 2.90. The predicted molar refractivity (Wildman–Crippen MR) is 62.5 cm³/mol. The first kappa shape index (κ1) is 14.5. The number of nitrogens with zero attached hydrogens (tertiary/aromatic N) is 3. The second kappa shape index (κ2) is 5.86. The Morgan fingerprint density at radius 1 is 1.41 bits per heavy atom. The molecule has 0 radical (unpaired) electrons. The zero-order valence-corrected chi connectivity index (χ0v) is 11.3. The van der Waals surface area contributed by atoms with E-state index in [-0.39, 0.29) is 4.47 Å². The van der Waals surface area contributed by atoms with Gasteiger partial charge in [-0.3, -0.25) is 9.58 Å². The van der Waals surface area contributed by atoms with Crippen LogP contribution in [0.25, 0.3) is 0 Å². The van der Waals surface area contributed by atoms with Crippen LogP contribution in [-0.2, 0) is 12.8 Å². The lowest BCUT2D eigenvalue weighted by Crippen LogP contribution is -2.27. The highest BCUT2D eigenvalue weighted by Crippen LogP contribution is 2.33. The molecular formula is C10H15BrF3N3. The van der Waals surface area contributed by atoms with E-state index in [0.717, 1.165) is 19.5 Å². The molecule has 0 amide bonds. The van der Waals surface area contributed by atoms with Crippen molar-refractivity contribution in [3.8, 4) is 0 Å². The van der Waals surface area contributed by atoms with E-state index in [4.69, 9.17) is 0 Å². The van der Waals surface area contributed by atoms with Gasteiger partial charge in [0.25, 0.3) is 0 Å². The Balaban J connectivity index is 2.80. The Kier molecular flexibility index (Phi) is 5.00. The summed E-state index contributed by atoms with van der Waals surface area (Å²) in [5.74, 6) is 0. The molecule has 0 saturated carbocycles. The van der Waals surface area contributed by atoms with E-state index in [0.29, 0.717) is 6.67 Å². The summed E-state index contributed by atoms with van der Waals surface area (Å²) in [6, 6.07) is 0. The van der Waals surface area contributed by atoms with Crippen molar-refractivity contribution in [2.45, 2.75) is 33.1 Å². The summed E-state index contributed by atoms with van der Waals surface area (Å²) in [4.78, 5) is 2.03. The molecule has 0 atom stereocenters. The van der Waals surface area contributed by atoms with E-state index in [1.165, 1.54) is 10.9 Å². The summed E-state index contributed by atoms with van der Waals surface area (Å²) in [5.41, 5.74) is -0.870. The summed E-state index contributed by atoms with van der Waals surface area (Å²) in [6.07, 6.45) is -2.09. The molecule has 0 aromatic carbocycles. The van der Waals surface area contributed by atoms with Gasteiger partial charge < -0.3 is 0 Å². The fourth-order valence-corrected chi connectivity index (χ4v) is 2.05. The minimum atomic E-state index is -4.41. The van der Waals surface area contributed by atoms with Gasteiger partial charge in [0.1, 0.15) is 0 Å². The van der Waals surface area contributed by atoms with Crippen LogP contribution in [0.5, 0.6) is 0 Å². The second-order valence-corrected chi connectivity index (χ2v) is 4.57. The van der Waals surface area contributed by atoms with Crippen LogP contribution >= 0.6 is 15.9 Å². The van der Waals surface area contributed by atoms with Gasteiger partial charge in [0.05, 0.1) is 11.1 Å². The van der Waals surface area contributed by atoms with E-state index in [1.54, 1.807) is 0 Å². The predicted octanol–water partition coefficient (Wildman–Crippen LogP) is 3.35. The first-order chi connectivity index (χ1) is 7.88. The average molecular weight is 314 g/mol. The SMILES string of the molecule is CCCN(CC)Cn1cc(Br)c(C(F)(F)F)n1. The van der Waals surface area contributed by atoms with Crippen LogP contribution in [0.3, 0.4) is 0 Å². The van der Waals surface area contributed by atoms with Crippen molar-refractivity contribution in [3.63, 3.8) is 0 Å². The largest absolute Gasteiger partial charge is 0.436 e. The number of halogens is 4. The Morgan fingerprint density at radius 3 is 2.47 bits per heavy atom. The molecule has 17 heavy (non-hydrogen) atoms. The van der Waals surface area contributed by atoms with E-state index < -0.39 is 11.9 Å². The van der Waals surface area contributed by atoms with E-state index in [1.807, 2.05) is 18.7 Å². The minimum Gasteiger partial charge on any atom is -0.285 e. The van der Waals surface area contributed by atoms with Crippen LogP contribution in [0.15, 0.2) is 10.7 Å². The van der Waals surface area contributed by atoms with Gasteiger partial charge in [-0.05, 0) is 35.4 Å². The summed E-state index contributed by atoms with van der Waals surface area (Å²) in [7, 11) is 0.